The number of thiazole rings is 1. The van der Waals surface area contributed by atoms with Gasteiger partial charge in [0.2, 0.25) is 0 Å². The van der Waals surface area contributed by atoms with Gasteiger partial charge < -0.3 is 4.90 Å². The van der Waals surface area contributed by atoms with Gasteiger partial charge in [-0.25, -0.2) is 4.98 Å². The zero-order chi connectivity index (χ0) is 12.3. The van der Waals surface area contributed by atoms with E-state index in [2.05, 4.69) is 31.9 Å². The molecule has 0 bridgehead atoms. The van der Waals surface area contributed by atoms with Crippen LogP contribution in [0.1, 0.15) is 11.3 Å². The first-order valence-corrected chi connectivity index (χ1v) is 6.72. The van der Waals surface area contributed by atoms with Crippen LogP contribution >= 0.6 is 27.3 Å². The zero-order valence-corrected chi connectivity index (χ0v) is 11.6. The van der Waals surface area contributed by atoms with Crippen LogP contribution < -0.4 is 4.90 Å². The van der Waals surface area contributed by atoms with Crippen LogP contribution in [0, 0.1) is 11.3 Å². The van der Waals surface area contributed by atoms with E-state index in [1.807, 2.05) is 36.1 Å². The molecule has 2 aromatic rings. The summed E-state index contributed by atoms with van der Waals surface area (Å²) in [7, 11) is 2.01. The molecule has 1 aromatic heterocycles. The third-order valence-electron chi connectivity index (χ3n) is 2.37. The van der Waals surface area contributed by atoms with Crippen molar-refractivity contribution in [3.05, 3.63) is 44.8 Å². The van der Waals surface area contributed by atoms with Crippen molar-refractivity contribution >= 4 is 33.0 Å². The topological polar surface area (TPSA) is 39.9 Å². The van der Waals surface area contributed by atoms with Gasteiger partial charge in [-0.2, -0.15) is 5.26 Å². The van der Waals surface area contributed by atoms with E-state index >= 15 is 0 Å². The molecule has 0 saturated carbocycles. The lowest BCUT2D eigenvalue weighted by Gasteiger charge is -2.19. The summed E-state index contributed by atoms with van der Waals surface area (Å²) in [6, 6.07) is 7.70. The molecule has 0 saturated heterocycles. The fourth-order valence-corrected chi connectivity index (χ4v) is 2.76. The van der Waals surface area contributed by atoms with Crippen molar-refractivity contribution < 1.29 is 0 Å². The molecule has 0 aliphatic rings. The first-order chi connectivity index (χ1) is 8.20. The van der Waals surface area contributed by atoms with E-state index in [1.54, 1.807) is 11.3 Å². The summed E-state index contributed by atoms with van der Waals surface area (Å²) in [5, 5.41) is 10.8. The average Bonchev–Trinajstić information content (AvgIpc) is 2.81. The molecule has 1 aromatic carbocycles. The standard InChI is InChI=1S/C12H10BrN3S/c1-16(6-10-7-17-8-15-10)12-3-2-9(5-14)4-11(12)13/h2-4,7-8H,6H2,1H3. The SMILES string of the molecule is CN(Cc1cscn1)c1ccc(C#N)cc1Br. The third-order valence-corrected chi connectivity index (χ3v) is 3.64. The number of aromatic nitrogens is 1. The van der Waals surface area contributed by atoms with E-state index in [1.165, 1.54) is 0 Å². The summed E-state index contributed by atoms with van der Waals surface area (Å²) in [4.78, 5) is 6.35. The summed E-state index contributed by atoms with van der Waals surface area (Å²) in [6.07, 6.45) is 0. The van der Waals surface area contributed by atoms with Crippen molar-refractivity contribution in [2.45, 2.75) is 6.54 Å². The van der Waals surface area contributed by atoms with Gasteiger partial charge in [0, 0.05) is 16.9 Å². The van der Waals surface area contributed by atoms with Crippen molar-refractivity contribution in [3.8, 4) is 6.07 Å². The molecule has 1 heterocycles. The fraction of sp³-hybridized carbons (Fsp3) is 0.167. The molecule has 5 heteroatoms. The van der Waals surface area contributed by atoms with Crippen molar-refractivity contribution in [2.75, 3.05) is 11.9 Å². The number of hydrogen-bond donors (Lipinski definition) is 0. The summed E-state index contributed by atoms with van der Waals surface area (Å²) in [5.41, 5.74) is 4.59. The van der Waals surface area contributed by atoms with Crippen LogP contribution in [0.5, 0.6) is 0 Å². The highest BCUT2D eigenvalue weighted by atomic mass is 79.9. The van der Waals surface area contributed by atoms with Crippen LogP contribution in [0.2, 0.25) is 0 Å². The van der Waals surface area contributed by atoms with Crippen molar-refractivity contribution in [1.29, 1.82) is 5.26 Å². The number of benzene rings is 1. The summed E-state index contributed by atoms with van der Waals surface area (Å²) >= 11 is 5.08. The molecular weight excluding hydrogens is 298 g/mol. The molecule has 0 aliphatic heterocycles. The normalized spacial score (nSPS) is 9.94. The molecule has 3 nitrogen and oxygen atoms in total. The van der Waals surface area contributed by atoms with Gasteiger partial charge in [0.1, 0.15) is 0 Å². The van der Waals surface area contributed by atoms with Crippen LogP contribution in [0.4, 0.5) is 5.69 Å². The molecule has 0 amide bonds. The van der Waals surface area contributed by atoms with Crippen LogP contribution in [0.25, 0.3) is 0 Å². The molecule has 0 unspecified atom stereocenters. The quantitative estimate of drug-likeness (QED) is 0.872. The first kappa shape index (κ1) is 12.1. The Labute approximate surface area is 112 Å². The molecule has 0 aliphatic carbocycles. The van der Waals surface area contributed by atoms with Gasteiger partial charge in [-0.1, -0.05) is 0 Å². The molecule has 0 spiro atoms. The smallest absolute Gasteiger partial charge is 0.0992 e. The molecule has 86 valence electrons. The second-order valence-electron chi connectivity index (χ2n) is 3.61. The van der Waals surface area contributed by atoms with Gasteiger partial charge in [0.05, 0.1) is 35.1 Å². The molecular formula is C12H10BrN3S. The number of rotatable bonds is 3. The predicted molar refractivity (Wildman–Crippen MR) is 73.1 cm³/mol. The van der Waals surface area contributed by atoms with Crippen LogP contribution in [-0.2, 0) is 6.54 Å². The van der Waals surface area contributed by atoms with E-state index in [-0.39, 0.29) is 0 Å². The number of halogens is 1. The first-order valence-electron chi connectivity index (χ1n) is 4.98. The Morgan fingerprint density at radius 1 is 1.53 bits per heavy atom. The highest BCUT2D eigenvalue weighted by molar-refractivity contribution is 9.10. The minimum absolute atomic E-state index is 0.655. The number of nitriles is 1. The summed E-state index contributed by atoms with van der Waals surface area (Å²) < 4.78 is 0.925. The number of anilines is 1. The van der Waals surface area contributed by atoms with E-state index in [4.69, 9.17) is 5.26 Å². The molecule has 0 N–H and O–H groups in total. The highest BCUT2D eigenvalue weighted by Crippen LogP contribution is 2.27. The van der Waals surface area contributed by atoms with Gasteiger partial charge in [0.15, 0.2) is 0 Å². The maximum atomic E-state index is 8.81. The predicted octanol–water partition coefficient (Wildman–Crippen LogP) is 3.41. The van der Waals surface area contributed by atoms with Gasteiger partial charge >= 0.3 is 0 Å². The Morgan fingerprint density at radius 3 is 2.94 bits per heavy atom. The Morgan fingerprint density at radius 2 is 2.35 bits per heavy atom. The molecule has 0 radical (unpaired) electrons. The monoisotopic (exact) mass is 307 g/mol. The van der Waals surface area contributed by atoms with Gasteiger partial charge in [-0.05, 0) is 34.1 Å². The summed E-state index contributed by atoms with van der Waals surface area (Å²) in [5.74, 6) is 0. The van der Waals surface area contributed by atoms with Crippen LogP contribution in [0.3, 0.4) is 0 Å². The minimum Gasteiger partial charge on any atom is -0.368 e. The minimum atomic E-state index is 0.655. The van der Waals surface area contributed by atoms with E-state index < -0.39 is 0 Å². The van der Waals surface area contributed by atoms with Crippen LogP contribution in [0.15, 0.2) is 33.6 Å². The average molecular weight is 308 g/mol. The molecule has 2 rings (SSSR count). The lowest BCUT2D eigenvalue weighted by molar-refractivity contribution is 0.892. The highest BCUT2D eigenvalue weighted by Gasteiger charge is 2.08. The lowest BCUT2D eigenvalue weighted by Crippen LogP contribution is -2.17. The third kappa shape index (κ3) is 2.84. The molecule has 0 fully saturated rings. The van der Waals surface area contributed by atoms with Gasteiger partial charge in [-0.15, -0.1) is 11.3 Å². The van der Waals surface area contributed by atoms with Crippen molar-refractivity contribution in [1.82, 2.24) is 4.98 Å². The fourth-order valence-electron chi connectivity index (χ4n) is 1.53. The Kier molecular flexibility index (Phi) is 3.77. The van der Waals surface area contributed by atoms with Gasteiger partial charge in [0.25, 0.3) is 0 Å². The summed E-state index contributed by atoms with van der Waals surface area (Å²) in [6.45, 7) is 0.758. The second-order valence-corrected chi connectivity index (χ2v) is 5.19. The van der Waals surface area contributed by atoms with Crippen molar-refractivity contribution in [3.63, 3.8) is 0 Å². The maximum absolute atomic E-state index is 8.81. The Balaban J connectivity index is 2.20. The Hall–Kier alpha value is -1.38. The molecule has 17 heavy (non-hydrogen) atoms. The number of nitrogens with zero attached hydrogens (tertiary/aromatic N) is 3. The zero-order valence-electron chi connectivity index (χ0n) is 9.22. The Bertz CT molecular complexity index is 545. The molecule has 0 atom stereocenters. The van der Waals surface area contributed by atoms with E-state index in [9.17, 15) is 0 Å². The largest absolute Gasteiger partial charge is 0.368 e. The van der Waals surface area contributed by atoms with E-state index in [0.717, 1.165) is 22.4 Å². The lowest BCUT2D eigenvalue weighted by atomic mass is 10.2. The number of hydrogen-bond acceptors (Lipinski definition) is 4. The van der Waals surface area contributed by atoms with Gasteiger partial charge in [-0.3, -0.25) is 0 Å². The van der Waals surface area contributed by atoms with Crippen molar-refractivity contribution in [2.24, 2.45) is 0 Å². The maximum Gasteiger partial charge on any atom is 0.0992 e. The van der Waals surface area contributed by atoms with Crippen LogP contribution in [-0.4, -0.2) is 12.0 Å². The second kappa shape index (κ2) is 5.30. The van der Waals surface area contributed by atoms with E-state index in [0.29, 0.717) is 5.56 Å².